The van der Waals surface area contributed by atoms with E-state index in [2.05, 4.69) is 84.1 Å². The van der Waals surface area contributed by atoms with Crippen LogP contribution in [0.3, 0.4) is 0 Å². The van der Waals surface area contributed by atoms with Crippen LogP contribution in [0.1, 0.15) is 121 Å². The van der Waals surface area contributed by atoms with Crippen LogP contribution in [0.25, 0.3) is 0 Å². The molecule has 0 unspecified atom stereocenters. The average Bonchev–Trinajstić information content (AvgIpc) is 3.45. The number of ether oxygens (including phenoxy) is 2. The minimum atomic E-state index is 0. The van der Waals surface area contributed by atoms with Crippen molar-refractivity contribution in [3.05, 3.63) is 48.1 Å². The molecule has 0 aromatic heterocycles. The van der Waals surface area contributed by atoms with Gasteiger partial charge in [0.15, 0.2) is 0 Å². The zero-order valence-electron chi connectivity index (χ0n) is 24.6. The number of unbranched alkanes of at least 4 members (excludes halogenated alkanes) is 6. The molecule has 0 heterocycles. The quantitative estimate of drug-likeness (QED) is 0.142. The number of alkyl halides is 1. The zero-order chi connectivity index (χ0) is 24.8. The Morgan fingerprint density at radius 3 is 1.57 bits per heavy atom. The van der Waals surface area contributed by atoms with Crippen molar-refractivity contribution in [2.24, 2.45) is 0 Å². The van der Waals surface area contributed by atoms with Gasteiger partial charge in [0.1, 0.15) is 0 Å². The topological polar surface area (TPSA) is 18.5 Å². The molecule has 4 heteroatoms. The van der Waals surface area contributed by atoms with E-state index < -0.39 is 0 Å². The van der Waals surface area contributed by atoms with E-state index in [9.17, 15) is 0 Å². The van der Waals surface area contributed by atoms with Crippen LogP contribution < -0.4 is 29.6 Å². The zero-order valence-corrected chi connectivity index (χ0v) is 26.4. The largest absolute Gasteiger partial charge is 1.00 e. The summed E-state index contributed by atoms with van der Waals surface area (Å²) in [5, 5.41) is 0. The van der Waals surface area contributed by atoms with Crippen LogP contribution in [-0.4, -0.2) is 30.3 Å². The van der Waals surface area contributed by atoms with Crippen LogP contribution in [0.2, 0.25) is 0 Å². The molecule has 2 nitrogen and oxygen atoms in total. The first-order chi connectivity index (χ1) is 15.6. The van der Waals surface area contributed by atoms with Gasteiger partial charge >= 0.3 is 29.6 Å². The van der Waals surface area contributed by atoms with Crippen molar-refractivity contribution < 1.29 is 40.5 Å². The monoisotopic (exact) mass is 520 g/mol. The molecular formula is C31H58ClNaO2. The number of hydrogen-bond donors (Lipinski definition) is 0. The predicted molar refractivity (Wildman–Crippen MR) is 156 cm³/mol. The molecule has 0 aromatic rings. The predicted octanol–water partition coefficient (Wildman–Crippen LogP) is 7.49. The van der Waals surface area contributed by atoms with Gasteiger partial charge in [0.25, 0.3) is 0 Å². The first-order valence-electron chi connectivity index (χ1n) is 13.1. The third-order valence-corrected chi connectivity index (χ3v) is 5.26. The fourth-order valence-electron chi connectivity index (χ4n) is 3.18. The third kappa shape index (κ3) is 34.2. The maximum absolute atomic E-state index is 5.69. The van der Waals surface area contributed by atoms with E-state index in [1.165, 1.54) is 51.4 Å². The van der Waals surface area contributed by atoms with Crippen molar-refractivity contribution in [2.75, 3.05) is 19.1 Å². The molecule has 0 aromatic carbocycles. The van der Waals surface area contributed by atoms with E-state index in [1.54, 1.807) is 5.57 Å². The summed E-state index contributed by atoms with van der Waals surface area (Å²) in [6.45, 7) is 14.4. The van der Waals surface area contributed by atoms with E-state index >= 15 is 0 Å². The van der Waals surface area contributed by atoms with Gasteiger partial charge in [-0.2, -0.15) is 0 Å². The number of halogens is 1. The molecule has 2 aliphatic carbocycles. The Kier molecular flexibility index (Phi) is 29.3. The van der Waals surface area contributed by atoms with Crippen molar-refractivity contribution >= 4 is 11.6 Å². The maximum atomic E-state index is 5.69. The van der Waals surface area contributed by atoms with Gasteiger partial charge in [0.05, 0.1) is 11.2 Å². The molecule has 0 saturated carbocycles. The summed E-state index contributed by atoms with van der Waals surface area (Å²) in [5.41, 5.74) is 1.65. The molecule has 0 bridgehead atoms. The summed E-state index contributed by atoms with van der Waals surface area (Å²) in [4.78, 5) is 0. The van der Waals surface area contributed by atoms with Gasteiger partial charge in [0, 0.05) is 19.1 Å². The molecule has 0 saturated heterocycles. The van der Waals surface area contributed by atoms with Gasteiger partial charge in [0.2, 0.25) is 0 Å². The van der Waals surface area contributed by atoms with Gasteiger partial charge in [-0.25, -0.2) is 0 Å². The van der Waals surface area contributed by atoms with Gasteiger partial charge in [-0.15, -0.1) is 11.6 Å². The molecular weight excluding hydrogens is 463 g/mol. The second-order valence-electron chi connectivity index (χ2n) is 10.7. The third-order valence-electron chi connectivity index (χ3n) is 4.99. The van der Waals surface area contributed by atoms with Crippen LogP contribution >= 0.6 is 11.6 Å². The molecule has 0 spiro atoms. The molecule has 35 heavy (non-hydrogen) atoms. The molecule has 2 aliphatic rings. The van der Waals surface area contributed by atoms with Gasteiger partial charge in [-0.1, -0.05) is 81.2 Å². The Morgan fingerprint density at radius 2 is 1.20 bits per heavy atom. The molecule has 2 rings (SSSR count). The minimum Gasteiger partial charge on any atom is -1.00 e. The van der Waals surface area contributed by atoms with Crippen LogP contribution in [-0.2, 0) is 9.47 Å². The minimum absolute atomic E-state index is 0. The summed E-state index contributed by atoms with van der Waals surface area (Å²) < 4.78 is 11.3. The average molecular weight is 521 g/mol. The van der Waals surface area contributed by atoms with Crippen LogP contribution in [0, 0.1) is 0 Å². The molecule has 0 N–H and O–H groups in total. The van der Waals surface area contributed by atoms with Gasteiger partial charge in [-0.05, 0) is 86.5 Å². The van der Waals surface area contributed by atoms with E-state index in [0.29, 0.717) is 0 Å². The van der Waals surface area contributed by atoms with Gasteiger partial charge < -0.3 is 10.9 Å². The Morgan fingerprint density at radius 1 is 0.714 bits per heavy atom. The Balaban J connectivity index is -0.000000227. The molecule has 202 valence electrons. The maximum Gasteiger partial charge on any atom is 1.00 e. The number of allylic oxidation sites excluding steroid dienone is 8. The molecule has 0 fully saturated rings. The second kappa shape index (κ2) is 25.8. The summed E-state index contributed by atoms with van der Waals surface area (Å²) in [7, 11) is 0. The van der Waals surface area contributed by atoms with Crippen molar-refractivity contribution in [3.63, 3.8) is 0 Å². The first kappa shape index (κ1) is 39.7. The van der Waals surface area contributed by atoms with Crippen molar-refractivity contribution in [1.82, 2.24) is 0 Å². The van der Waals surface area contributed by atoms with Crippen molar-refractivity contribution in [2.45, 2.75) is 131 Å². The fraction of sp³-hybridized carbons (Fsp3) is 0.742. The van der Waals surface area contributed by atoms with Crippen LogP contribution in [0.15, 0.2) is 48.1 Å². The summed E-state index contributed by atoms with van der Waals surface area (Å²) in [6.07, 6.45) is 28.6. The Bertz CT molecular complexity index is 562. The molecule has 0 amide bonds. The van der Waals surface area contributed by atoms with Crippen molar-refractivity contribution in [1.29, 1.82) is 0 Å². The molecule has 0 atom stereocenters. The van der Waals surface area contributed by atoms with Crippen molar-refractivity contribution in [3.8, 4) is 0 Å². The smallest absolute Gasteiger partial charge is 1.00 e. The number of rotatable bonds is 13. The first-order valence-corrected chi connectivity index (χ1v) is 13.7. The fourth-order valence-corrected chi connectivity index (χ4v) is 3.37. The normalized spacial score (nSPS) is 13.7. The van der Waals surface area contributed by atoms with Gasteiger partial charge in [-0.3, -0.25) is 0 Å². The standard InChI is InChI=1S/C15H26O.C10H21ClO.C5H6.CH4.Na.H/c1-15(2,3)16-13-9-5-4-6-10-14-11-7-8-12-14;1-10(2,3)12-9-7-5-4-6-8-11;1-2-4-5-3-1;;;/h7-8,11H,4-6,9-10,12-13H2,1-3H3;4-9H2,1-3H3;1-4H,5H2;1H4;;/q;;;;+1;-1. The summed E-state index contributed by atoms with van der Waals surface area (Å²) in [6, 6.07) is 0. The second-order valence-corrected chi connectivity index (χ2v) is 11.1. The summed E-state index contributed by atoms with van der Waals surface area (Å²) in [5.74, 6) is 0.792. The summed E-state index contributed by atoms with van der Waals surface area (Å²) >= 11 is 5.56. The SMILES string of the molecule is C.C1=CCC=C1.CC(C)(C)OCCCCCCC1=CC=CC1.CC(C)(C)OCCCCCCCl.[H-].[Na+]. The van der Waals surface area contributed by atoms with Crippen LogP contribution in [0.5, 0.6) is 0 Å². The molecule has 0 radical (unpaired) electrons. The molecule has 0 aliphatic heterocycles. The van der Waals surface area contributed by atoms with E-state index in [4.69, 9.17) is 21.1 Å². The number of hydrogen-bond acceptors (Lipinski definition) is 2. The van der Waals surface area contributed by atoms with E-state index in [0.717, 1.165) is 38.4 Å². The van der Waals surface area contributed by atoms with E-state index in [-0.39, 0.29) is 49.6 Å². The van der Waals surface area contributed by atoms with Crippen LogP contribution in [0.4, 0.5) is 0 Å². The Hall–Kier alpha value is 0.170. The Labute approximate surface area is 248 Å². The van der Waals surface area contributed by atoms with E-state index in [1.807, 2.05) is 0 Å².